The summed E-state index contributed by atoms with van der Waals surface area (Å²) < 4.78 is 5.89. The van der Waals surface area contributed by atoms with Crippen molar-refractivity contribution in [2.75, 3.05) is 24.7 Å². The molecule has 0 radical (unpaired) electrons. The Kier molecular flexibility index (Phi) is 3.31. The first-order chi connectivity index (χ1) is 10.1. The van der Waals surface area contributed by atoms with Gasteiger partial charge in [-0.15, -0.1) is 5.10 Å². The monoisotopic (exact) mass is 280 g/mol. The van der Waals surface area contributed by atoms with E-state index < -0.39 is 0 Å². The Morgan fingerprint density at radius 2 is 1.90 bits per heavy atom. The van der Waals surface area contributed by atoms with E-state index in [-0.39, 0.29) is 0 Å². The number of aromatic nitrogens is 2. The third kappa shape index (κ3) is 2.58. The maximum atomic E-state index is 5.99. The smallest absolute Gasteiger partial charge is 0.246 e. The molecule has 0 bridgehead atoms. The van der Waals surface area contributed by atoms with Crippen LogP contribution in [0.25, 0.3) is 10.8 Å². The zero-order chi connectivity index (χ0) is 14.8. The van der Waals surface area contributed by atoms with Crippen molar-refractivity contribution < 1.29 is 4.74 Å². The number of hydrogen-bond acceptors (Lipinski definition) is 5. The second kappa shape index (κ2) is 5.28. The molecule has 0 aliphatic rings. The molecule has 0 spiro atoms. The van der Waals surface area contributed by atoms with Crippen LogP contribution in [-0.4, -0.2) is 24.3 Å². The first-order valence-corrected chi connectivity index (χ1v) is 6.60. The minimum absolute atomic E-state index is 0.454. The molecule has 0 fully saturated rings. The lowest BCUT2D eigenvalue weighted by Crippen LogP contribution is -2.09. The highest BCUT2D eigenvalue weighted by Gasteiger charge is 2.09. The van der Waals surface area contributed by atoms with Crippen molar-refractivity contribution in [3.05, 3.63) is 48.7 Å². The maximum Gasteiger partial charge on any atom is 0.246 e. The molecule has 3 rings (SSSR count). The van der Waals surface area contributed by atoms with E-state index in [0.717, 1.165) is 16.5 Å². The number of fused-ring (bicyclic) bond motifs is 1. The van der Waals surface area contributed by atoms with E-state index >= 15 is 0 Å². The fraction of sp³-hybridized carbons (Fsp3) is 0.125. The van der Waals surface area contributed by atoms with Crippen LogP contribution in [0, 0.1) is 0 Å². The topological polar surface area (TPSA) is 64.3 Å². The lowest BCUT2D eigenvalue weighted by atomic mass is 10.2. The Balaban J connectivity index is 2.04. The number of benzene rings is 2. The molecule has 0 aliphatic carbocycles. The van der Waals surface area contributed by atoms with Gasteiger partial charge in [0.25, 0.3) is 0 Å². The predicted octanol–water partition coefficient (Wildman–Crippen LogP) is 3.07. The minimum atomic E-state index is 0.454. The average molecular weight is 280 g/mol. The molecule has 106 valence electrons. The van der Waals surface area contributed by atoms with Crippen molar-refractivity contribution in [3.8, 4) is 11.6 Å². The molecule has 5 heteroatoms. The molecule has 0 saturated carbocycles. The number of anilines is 2. The molecular formula is C16H16N4O. The summed E-state index contributed by atoms with van der Waals surface area (Å²) in [6.45, 7) is 0. The van der Waals surface area contributed by atoms with Crippen LogP contribution in [0.15, 0.2) is 48.7 Å². The number of hydrogen-bond donors (Lipinski definition) is 1. The number of nitrogens with zero attached hydrogens (tertiary/aromatic N) is 3. The Morgan fingerprint density at radius 1 is 1.10 bits per heavy atom. The highest BCUT2D eigenvalue weighted by molar-refractivity contribution is 5.86. The standard InChI is InChI=1S/C16H16N4O/c1-20(2)12-7-8-14(17)15(9-12)21-16-13-6-4-3-5-11(13)10-18-19-16/h3-10H,17H2,1-2H3. The minimum Gasteiger partial charge on any atom is -0.435 e. The molecule has 0 atom stereocenters. The van der Waals surface area contributed by atoms with Crippen LogP contribution in [0.4, 0.5) is 11.4 Å². The van der Waals surface area contributed by atoms with Crippen molar-refractivity contribution in [1.82, 2.24) is 10.2 Å². The summed E-state index contributed by atoms with van der Waals surface area (Å²) in [6, 6.07) is 13.5. The van der Waals surface area contributed by atoms with Gasteiger partial charge in [0.2, 0.25) is 5.88 Å². The molecule has 0 amide bonds. The summed E-state index contributed by atoms with van der Waals surface area (Å²) in [5.74, 6) is 1.03. The van der Waals surface area contributed by atoms with Crippen molar-refractivity contribution in [2.45, 2.75) is 0 Å². The third-order valence-corrected chi connectivity index (χ3v) is 3.26. The molecule has 1 heterocycles. The van der Waals surface area contributed by atoms with E-state index in [9.17, 15) is 0 Å². The molecule has 0 aliphatic heterocycles. The molecule has 0 saturated heterocycles. The van der Waals surface area contributed by atoms with Crippen molar-refractivity contribution in [1.29, 1.82) is 0 Å². The van der Waals surface area contributed by atoms with Gasteiger partial charge in [0.05, 0.1) is 11.9 Å². The Hall–Kier alpha value is -2.82. The summed E-state index contributed by atoms with van der Waals surface area (Å²) in [6.07, 6.45) is 1.71. The zero-order valence-electron chi connectivity index (χ0n) is 11.9. The lowest BCUT2D eigenvalue weighted by molar-refractivity contribution is 0.464. The van der Waals surface area contributed by atoms with Crippen molar-refractivity contribution >= 4 is 22.1 Å². The molecule has 3 aromatic rings. The lowest BCUT2D eigenvalue weighted by Gasteiger charge is -2.15. The van der Waals surface area contributed by atoms with Crippen LogP contribution in [0.3, 0.4) is 0 Å². The van der Waals surface area contributed by atoms with E-state index in [1.54, 1.807) is 6.20 Å². The highest BCUT2D eigenvalue weighted by Crippen LogP contribution is 2.33. The van der Waals surface area contributed by atoms with Gasteiger partial charge in [0, 0.05) is 36.6 Å². The molecule has 21 heavy (non-hydrogen) atoms. The van der Waals surface area contributed by atoms with E-state index in [4.69, 9.17) is 10.5 Å². The van der Waals surface area contributed by atoms with E-state index in [1.165, 1.54) is 0 Å². The van der Waals surface area contributed by atoms with Crippen molar-refractivity contribution in [3.63, 3.8) is 0 Å². The van der Waals surface area contributed by atoms with E-state index in [2.05, 4.69) is 10.2 Å². The van der Waals surface area contributed by atoms with Gasteiger partial charge in [-0.3, -0.25) is 0 Å². The average Bonchev–Trinajstić information content (AvgIpc) is 2.49. The Morgan fingerprint density at radius 3 is 2.71 bits per heavy atom. The SMILES string of the molecule is CN(C)c1ccc(N)c(Oc2nncc3ccccc23)c1. The van der Waals surface area contributed by atoms with Gasteiger partial charge in [-0.05, 0) is 18.2 Å². The molecular weight excluding hydrogens is 264 g/mol. The molecule has 1 aromatic heterocycles. The van der Waals surface area contributed by atoms with E-state index in [0.29, 0.717) is 17.3 Å². The molecule has 2 N–H and O–H groups in total. The Bertz CT molecular complexity index is 781. The van der Waals surface area contributed by atoms with E-state index in [1.807, 2.05) is 61.5 Å². The van der Waals surface area contributed by atoms with Crippen LogP contribution >= 0.6 is 0 Å². The molecule has 0 unspecified atom stereocenters. The largest absolute Gasteiger partial charge is 0.435 e. The summed E-state index contributed by atoms with van der Waals surface area (Å²) in [5.41, 5.74) is 7.56. The summed E-state index contributed by atoms with van der Waals surface area (Å²) in [4.78, 5) is 1.99. The van der Waals surface area contributed by atoms with Crippen LogP contribution in [0.1, 0.15) is 0 Å². The quantitative estimate of drug-likeness (QED) is 0.747. The first-order valence-electron chi connectivity index (χ1n) is 6.60. The van der Waals surface area contributed by atoms with Gasteiger partial charge in [0.15, 0.2) is 5.75 Å². The van der Waals surface area contributed by atoms with Crippen LogP contribution < -0.4 is 15.4 Å². The molecule has 5 nitrogen and oxygen atoms in total. The number of nitrogen functional groups attached to an aromatic ring is 1. The number of ether oxygens (including phenoxy) is 1. The second-order valence-electron chi connectivity index (χ2n) is 4.96. The fourth-order valence-corrected chi connectivity index (χ4v) is 2.07. The maximum absolute atomic E-state index is 5.99. The molecule has 2 aromatic carbocycles. The van der Waals surface area contributed by atoms with Gasteiger partial charge in [-0.1, -0.05) is 18.2 Å². The van der Waals surface area contributed by atoms with Crippen LogP contribution in [0.5, 0.6) is 11.6 Å². The summed E-state index contributed by atoms with van der Waals surface area (Å²) in [5, 5.41) is 9.93. The summed E-state index contributed by atoms with van der Waals surface area (Å²) in [7, 11) is 3.93. The van der Waals surface area contributed by atoms with Crippen LogP contribution in [0.2, 0.25) is 0 Å². The number of nitrogens with two attached hydrogens (primary N) is 1. The van der Waals surface area contributed by atoms with Gasteiger partial charge in [-0.25, -0.2) is 0 Å². The van der Waals surface area contributed by atoms with Crippen LogP contribution in [-0.2, 0) is 0 Å². The highest BCUT2D eigenvalue weighted by atomic mass is 16.5. The number of rotatable bonds is 3. The van der Waals surface area contributed by atoms with Gasteiger partial charge >= 0.3 is 0 Å². The van der Waals surface area contributed by atoms with Crippen molar-refractivity contribution in [2.24, 2.45) is 0 Å². The van der Waals surface area contributed by atoms with Gasteiger partial charge in [0.1, 0.15) is 0 Å². The summed E-state index contributed by atoms with van der Waals surface area (Å²) >= 11 is 0. The first kappa shape index (κ1) is 13.2. The predicted molar refractivity (Wildman–Crippen MR) is 84.8 cm³/mol. The normalized spacial score (nSPS) is 10.6. The fourth-order valence-electron chi connectivity index (χ4n) is 2.07. The zero-order valence-corrected chi connectivity index (χ0v) is 11.9. The second-order valence-corrected chi connectivity index (χ2v) is 4.96. The van der Waals surface area contributed by atoms with Gasteiger partial charge in [-0.2, -0.15) is 5.10 Å². The third-order valence-electron chi connectivity index (χ3n) is 3.26. The van der Waals surface area contributed by atoms with Gasteiger partial charge < -0.3 is 15.4 Å². The Labute approximate surface area is 123 Å².